The summed E-state index contributed by atoms with van der Waals surface area (Å²) in [6, 6.07) is 9.11. The molecule has 1 aromatic carbocycles. The van der Waals surface area contributed by atoms with Crippen LogP contribution in [-0.4, -0.2) is 6.04 Å². The quantitative estimate of drug-likeness (QED) is 0.773. The molecule has 0 radical (unpaired) electrons. The summed E-state index contributed by atoms with van der Waals surface area (Å²) in [7, 11) is 0. The first-order valence-corrected chi connectivity index (χ1v) is 7.24. The van der Waals surface area contributed by atoms with Crippen LogP contribution >= 0.6 is 11.6 Å². The van der Waals surface area contributed by atoms with Crippen LogP contribution in [0.15, 0.2) is 24.3 Å². The predicted molar refractivity (Wildman–Crippen MR) is 81.2 cm³/mol. The van der Waals surface area contributed by atoms with Gasteiger partial charge in [0.05, 0.1) is 0 Å². The fourth-order valence-electron chi connectivity index (χ4n) is 1.88. The summed E-state index contributed by atoms with van der Waals surface area (Å²) >= 11 is 5.95. The van der Waals surface area contributed by atoms with E-state index >= 15 is 0 Å². The predicted octanol–water partition coefficient (Wildman–Crippen LogP) is 5.21. The zero-order valence-electron chi connectivity index (χ0n) is 12.3. The lowest BCUT2D eigenvalue weighted by Gasteiger charge is -2.32. The Kier molecular flexibility index (Phi) is 5.68. The molecular formula is C16H26ClN. The lowest BCUT2D eigenvalue weighted by atomic mass is 9.86. The van der Waals surface area contributed by atoms with Crippen LogP contribution in [-0.2, 0) is 0 Å². The van der Waals surface area contributed by atoms with Crippen LogP contribution < -0.4 is 5.32 Å². The number of hydrogen-bond donors (Lipinski definition) is 1. The summed E-state index contributed by atoms with van der Waals surface area (Å²) in [5.41, 5.74) is 1.61. The van der Waals surface area contributed by atoms with Gasteiger partial charge in [-0.3, -0.25) is 0 Å². The van der Waals surface area contributed by atoms with E-state index in [0.29, 0.717) is 12.1 Å². The van der Waals surface area contributed by atoms with Crippen molar-refractivity contribution >= 4 is 11.6 Å². The third-order valence-corrected chi connectivity index (χ3v) is 3.85. The van der Waals surface area contributed by atoms with Crippen molar-refractivity contribution in [1.29, 1.82) is 0 Å². The van der Waals surface area contributed by atoms with Crippen LogP contribution in [0.1, 0.15) is 59.1 Å². The molecule has 0 saturated heterocycles. The number of nitrogens with one attached hydrogen (secondary N) is 1. The first-order valence-electron chi connectivity index (χ1n) is 6.86. The Morgan fingerprint density at radius 3 is 2.17 bits per heavy atom. The average molecular weight is 268 g/mol. The Labute approximate surface area is 117 Å². The minimum atomic E-state index is 0.276. The van der Waals surface area contributed by atoms with Crippen LogP contribution in [0.4, 0.5) is 0 Å². The zero-order valence-corrected chi connectivity index (χ0v) is 13.0. The Morgan fingerprint density at radius 2 is 1.72 bits per heavy atom. The fourth-order valence-corrected chi connectivity index (χ4v) is 2.01. The molecule has 2 atom stereocenters. The number of benzene rings is 1. The van der Waals surface area contributed by atoms with Crippen LogP contribution in [0.3, 0.4) is 0 Å². The van der Waals surface area contributed by atoms with E-state index in [1.807, 2.05) is 12.1 Å². The van der Waals surface area contributed by atoms with Gasteiger partial charge >= 0.3 is 0 Å². The van der Waals surface area contributed by atoms with Gasteiger partial charge in [-0.15, -0.1) is 0 Å². The van der Waals surface area contributed by atoms with Crippen molar-refractivity contribution in [3.05, 3.63) is 34.9 Å². The van der Waals surface area contributed by atoms with E-state index in [4.69, 9.17) is 11.6 Å². The maximum Gasteiger partial charge on any atom is 0.0406 e. The molecule has 0 amide bonds. The van der Waals surface area contributed by atoms with Crippen molar-refractivity contribution in [1.82, 2.24) is 5.32 Å². The smallest absolute Gasteiger partial charge is 0.0406 e. The molecule has 1 nitrogen and oxygen atoms in total. The van der Waals surface area contributed by atoms with E-state index in [9.17, 15) is 0 Å². The monoisotopic (exact) mass is 267 g/mol. The van der Waals surface area contributed by atoms with E-state index in [1.165, 1.54) is 12.0 Å². The van der Waals surface area contributed by atoms with Crippen LogP contribution in [0.2, 0.25) is 5.02 Å². The molecule has 102 valence electrons. The largest absolute Gasteiger partial charge is 0.307 e. The van der Waals surface area contributed by atoms with Crippen molar-refractivity contribution < 1.29 is 0 Å². The van der Waals surface area contributed by atoms with Crippen molar-refractivity contribution in [3.8, 4) is 0 Å². The average Bonchev–Trinajstić information content (AvgIpc) is 2.28. The molecule has 1 aromatic rings. The lowest BCUT2D eigenvalue weighted by Crippen LogP contribution is -2.39. The van der Waals surface area contributed by atoms with E-state index < -0.39 is 0 Å². The topological polar surface area (TPSA) is 12.0 Å². The molecule has 1 rings (SSSR count). The molecule has 18 heavy (non-hydrogen) atoms. The molecule has 0 fully saturated rings. The summed E-state index contributed by atoms with van der Waals surface area (Å²) in [6.45, 7) is 11.3. The molecule has 0 aromatic heterocycles. The van der Waals surface area contributed by atoms with Gasteiger partial charge in [-0.2, -0.15) is 0 Å². The van der Waals surface area contributed by atoms with Crippen LogP contribution in [0.5, 0.6) is 0 Å². The molecule has 2 heteroatoms. The van der Waals surface area contributed by atoms with Crippen molar-refractivity contribution in [2.75, 3.05) is 0 Å². The third kappa shape index (κ3) is 4.62. The van der Waals surface area contributed by atoms with Crippen LogP contribution in [0.25, 0.3) is 0 Å². The van der Waals surface area contributed by atoms with Gasteiger partial charge in [-0.05, 0) is 36.5 Å². The van der Waals surface area contributed by atoms with Crippen molar-refractivity contribution in [3.63, 3.8) is 0 Å². The van der Waals surface area contributed by atoms with E-state index in [0.717, 1.165) is 11.4 Å². The highest BCUT2D eigenvalue weighted by molar-refractivity contribution is 6.30. The van der Waals surface area contributed by atoms with Gasteiger partial charge in [0.2, 0.25) is 0 Å². The van der Waals surface area contributed by atoms with Gasteiger partial charge in [0.25, 0.3) is 0 Å². The summed E-state index contributed by atoms with van der Waals surface area (Å²) in [4.78, 5) is 0. The highest BCUT2D eigenvalue weighted by Gasteiger charge is 2.23. The highest BCUT2D eigenvalue weighted by atomic mass is 35.5. The summed E-state index contributed by atoms with van der Waals surface area (Å²) < 4.78 is 0. The molecule has 1 N–H and O–H groups in total. The lowest BCUT2D eigenvalue weighted by molar-refractivity contribution is 0.258. The molecule has 0 heterocycles. The first-order chi connectivity index (χ1) is 8.34. The van der Waals surface area contributed by atoms with Gasteiger partial charge in [0, 0.05) is 17.1 Å². The Balaban J connectivity index is 2.80. The second-order valence-corrected chi connectivity index (χ2v) is 6.58. The van der Waals surface area contributed by atoms with Gasteiger partial charge in [-0.1, -0.05) is 57.8 Å². The van der Waals surface area contributed by atoms with Crippen molar-refractivity contribution in [2.45, 2.75) is 59.5 Å². The molecule has 0 aliphatic carbocycles. The number of halogens is 1. The molecule has 2 unspecified atom stereocenters. The standard InChI is InChI=1S/C16H26ClN/c1-6-7-15(18-12(2)16(3,4)5)13-8-10-14(17)11-9-13/h8-12,15,18H,6-7H2,1-5H3. The first kappa shape index (κ1) is 15.5. The minimum absolute atomic E-state index is 0.276. The molecule has 0 bridgehead atoms. The second-order valence-electron chi connectivity index (χ2n) is 6.15. The summed E-state index contributed by atoms with van der Waals surface area (Å²) in [6.07, 6.45) is 2.33. The van der Waals surface area contributed by atoms with Gasteiger partial charge in [0.15, 0.2) is 0 Å². The second kappa shape index (κ2) is 6.58. The van der Waals surface area contributed by atoms with Crippen molar-refractivity contribution in [2.24, 2.45) is 5.41 Å². The molecule has 0 aliphatic rings. The summed E-state index contributed by atoms with van der Waals surface area (Å²) in [5, 5.41) is 4.55. The summed E-state index contributed by atoms with van der Waals surface area (Å²) in [5.74, 6) is 0. The normalized spacial score (nSPS) is 15.4. The van der Waals surface area contributed by atoms with Gasteiger partial charge in [0.1, 0.15) is 0 Å². The van der Waals surface area contributed by atoms with Crippen LogP contribution in [0, 0.1) is 5.41 Å². The fraction of sp³-hybridized carbons (Fsp3) is 0.625. The Hall–Kier alpha value is -0.530. The molecule has 0 saturated carbocycles. The third-order valence-electron chi connectivity index (χ3n) is 3.60. The Bertz CT molecular complexity index is 350. The molecule has 0 aliphatic heterocycles. The highest BCUT2D eigenvalue weighted by Crippen LogP contribution is 2.26. The Morgan fingerprint density at radius 1 is 1.17 bits per heavy atom. The minimum Gasteiger partial charge on any atom is -0.307 e. The SMILES string of the molecule is CCCC(NC(C)C(C)(C)C)c1ccc(Cl)cc1. The zero-order chi connectivity index (χ0) is 13.8. The van der Waals surface area contributed by atoms with E-state index in [1.54, 1.807) is 0 Å². The van der Waals surface area contributed by atoms with Gasteiger partial charge in [-0.25, -0.2) is 0 Å². The number of hydrogen-bond acceptors (Lipinski definition) is 1. The van der Waals surface area contributed by atoms with E-state index in [2.05, 4.69) is 52.1 Å². The molecule has 0 spiro atoms. The number of rotatable bonds is 5. The maximum atomic E-state index is 5.95. The maximum absolute atomic E-state index is 5.95. The van der Waals surface area contributed by atoms with E-state index in [-0.39, 0.29) is 5.41 Å². The van der Waals surface area contributed by atoms with Gasteiger partial charge < -0.3 is 5.32 Å². The molecular weight excluding hydrogens is 242 g/mol.